The lowest BCUT2D eigenvalue weighted by atomic mass is 9.97. The average Bonchev–Trinajstić information content (AvgIpc) is 2.36. The Balaban J connectivity index is 2.44. The number of sulfonamides is 1. The van der Waals surface area contributed by atoms with Gasteiger partial charge in [-0.25, -0.2) is 12.7 Å². The van der Waals surface area contributed by atoms with Gasteiger partial charge in [-0.3, -0.25) is 4.79 Å². The predicted octanol–water partition coefficient (Wildman–Crippen LogP) is 0.740. The van der Waals surface area contributed by atoms with Crippen molar-refractivity contribution in [2.45, 2.75) is 26.7 Å². The Bertz CT molecular complexity index is 409. The summed E-state index contributed by atoms with van der Waals surface area (Å²) in [6, 6.07) is 0. The van der Waals surface area contributed by atoms with Crippen molar-refractivity contribution in [1.82, 2.24) is 9.62 Å². The predicted molar refractivity (Wildman–Crippen MR) is 71.6 cm³/mol. The minimum absolute atomic E-state index is 0.00606. The summed E-state index contributed by atoms with van der Waals surface area (Å²) in [5, 5.41) is 2.81. The number of piperidine rings is 1. The normalized spacial score (nSPS) is 18.6. The molecule has 0 aromatic rings. The maximum atomic E-state index is 11.8. The third kappa shape index (κ3) is 4.10. The number of nitrogens with one attached hydrogen (secondary N) is 1. The fraction of sp³-hybridized carbons (Fsp3) is 0.750. The van der Waals surface area contributed by atoms with Gasteiger partial charge in [0.05, 0.1) is 5.75 Å². The molecule has 1 fully saturated rings. The molecule has 0 aliphatic carbocycles. The van der Waals surface area contributed by atoms with Gasteiger partial charge in [0.25, 0.3) is 0 Å². The number of carbonyl (C=O) groups excluding carboxylic acids is 1. The maximum absolute atomic E-state index is 11.8. The molecular weight excluding hydrogens is 252 g/mol. The van der Waals surface area contributed by atoms with Gasteiger partial charge in [0, 0.05) is 25.6 Å². The van der Waals surface area contributed by atoms with E-state index in [-0.39, 0.29) is 17.6 Å². The SMILES string of the molecule is C=C(C)CNC(=O)C1CCN(S(=O)(=O)CC)CC1. The summed E-state index contributed by atoms with van der Waals surface area (Å²) in [4.78, 5) is 11.8. The van der Waals surface area contributed by atoms with Gasteiger partial charge < -0.3 is 5.32 Å². The van der Waals surface area contributed by atoms with Crippen LogP contribution in [0.5, 0.6) is 0 Å². The van der Waals surface area contributed by atoms with Gasteiger partial charge in [-0.2, -0.15) is 0 Å². The van der Waals surface area contributed by atoms with E-state index in [4.69, 9.17) is 0 Å². The first-order valence-corrected chi connectivity index (χ1v) is 7.87. The summed E-state index contributed by atoms with van der Waals surface area (Å²) >= 11 is 0. The second-order valence-electron chi connectivity index (χ2n) is 4.75. The smallest absolute Gasteiger partial charge is 0.223 e. The lowest BCUT2D eigenvalue weighted by molar-refractivity contribution is -0.125. The van der Waals surface area contributed by atoms with Gasteiger partial charge in [0.15, 0.2) is 0 Å². The van der Waals surface area contributed by atoms with Crippen LogP contribution >= 0.6 is 0 Å². The quantitative estimate of drug-likeness (QED) is 0.752. The highest BCUT2D eigenvalue weighted by Crippen LogP contribution is 2.19. The van der Waals surface area contributed by atoms with E-state index in [2.05, 4.69) is 11.9 Å². The zero-order valence-electron chi connectivity index (χ0n) is 11.1. The molecule has 0 aromatic heterocycles. The molecular formula is C12H22N2O3S. The van der Waals surface area contributed by atoms with Gasteiger partial charge in [0.2, 0.25) is 15.9 Å². The van der Waals surface area contributed by atoms with Crippen LogP contribution in [-0.2, 0) is 14.8 Å². The van der Waals surface area contributed by atoms with Crippen molar-refractivity contribution in [2.75, 3.05) is 25.4 Å². The van der Waals surface area contributed by atoms with Gasteiger partial charge in [-0.1, -0.05) is 12.2 Å². The van der Waals surface area contributed by atoms with Crippen LogP contribution in [0.3, 0.4) is 0 Å². The molecule has 0 radical (unpaired) electrons. The molecule has 104 valence electrons. The zero-order valence-corrected chi connectivity index (χ0v) is 11.9. The fourth-order valence-electron chi connectivity index (χ4n) is 1.96. The second-order valence-corrected chi connectivity index (χ2v) is 7.01. The highest BCUT2D eigenvalue weighted by molar-refractivity contribution is 7.89. The summed E-state index contributed by atoms with van der Waals surface area (Å²) in [7, 11) is -3.11. The molecule has 18 heavy (non-hydrogen) atoms. The van der Waals surface area contributed by atoms with Gasteiger partial charge in [-0.05, 0) is 26.7 Å². The number of amides is 1. The number of rotatable bonds is 5. The molecule has 0 unspecified atom stereocenters. The van der Waals surface area contributed by atoms with Crippen molar-refractivity contribution in [2.24, 2.45) is 5.92 Å². The molecule has 1 heterocycles. The van der Waals surface area contributed by atoms with Gasteiger partial charge in [-0.15, -0.1) is 0 Å². The molecule has 0 aromatic carbocycles. The Morgan fingerprint density at radius 1 is 1.39 bits per heavy atom. The third-order valence-electron chi connectivity index (χ3n) is 3.15. The van der Waals surface area contributed by atoms with E-state index in [1.807, 2.05) is 6.92 Å². The lowest BCUT2D eigenvalue weighted by Crippen LogP contribution is -2.43. The summed E-state index contributed by atoms with van der Waals surface area (Å²) < 4.78 is 24.8. The fourth-order valence-corrected chi connectivity index (χ4v) is 3.09. The Kier molecular flexibility index (Phi) is 5.34. The van der Waals surface area contributed by atoms with Gasteiger partial charge in [0.1, 0.15) is 0 Å². The highest BCUT2D eigenvalue weighted by atomic mass is 32.2. The van der Waals surface area contributed by atoms with E-state index in [1.54, 1.807) is 6.92 Å². The Hall–Kier alpha value is -0.880. The van der Waals surface area contributed by atoms with E-state index < -0.39 is 10.0 Å². The van der Waals surface area contributed by atoms with Crippen LogP contribution in [0, 0.1) is 5.92 Å². The topological polar surface area (TPSA) is 66.5 Å². The minimum atomic E-state index is -3.11. The molecule has 0 atom stereocenters. The Labute approximate surface area is 109 Å². The Morgan fingerprint density at radius 2 is 1.94 bits per heavy atom. The van der Waals surface area contributed by atoms with Gasteiger partial charge >= 0.3 is 0 Å². The zero-order chi connectivity index (χ0) is 13.8. The first-order valence-electron chi connectivity index (χ1n) is 6.26. The molecule has 1 N–H and O–H groups in total. The molecule has 1 aliphatic rings. The summed E-state index contributed by atoms with van der Waals surface area (Å²) in [6.45, 7) is 8.61. The minimum Gasteiger partial charge on any atom is -0.352 e. The van der Waals surface area contributed by atoms with Crippen LogP contribution in [0.1, 0.15) is 26.7 Å². The number of nitrogens with zero attached hydrogens (tertiary/aromatic N) is 1. The molecule has 1 aliphatic heterocycles. The van der Waals surface area contributed by atoms with E-state index >= 15 is 0 Å². The van der Waals surface area contributed by atoms with Crippen molar-refractivity contribution in [3.05, 3.63) is 12.2 Å². The van der Waals surface area contributed by atoms with E-state index in [0.29, 0.717) is 32.5 Å². The van der Waals surface area contributed by atoms with Crippen LogP contribution in [0.15, 0.2) is 12.2 Å². The van der Waals surface area contributed by atoms with Crippen LogP contribution < -0.4 is 5.32 Å². The van der Waals surface area contributed by atoms with Crippen LogP contribution in [0.25, 0.3) is 0 Å². The highest BCUT2D eigenvalue weighted by Gasteiger charge is 2.29. The van der Waals surface area contributed by atoms with E-state index in [1.165, 1.54) is 4.31 Å². The summed E-state index contributed by atoms with van der Waals surface area (Å²) in [5.41, 5.74) is 0.911. The first kappa shape index (κ1) is 15.2. The lowest BCUT2D eigenvalue weighted by Gasteiger charge is -2.30. The third-order valence-corrected chi connectivity index (χ3v) is 5.03. The molecule has 1 rings (SSSR count). The van der Waals surface area contributed by atoms with E-state index in [0.717, 1.165) is 5.57 Å². The maximum Gasteiger partial charge on any atom is 0.223 e. The Morgan fingerprint density at radius 3 is 2.39 bits per heavy atom. The first-order chi connectivity index (χ1) is 8.36. The summed E-state index contributed by atoms with van der Waals surface area (Å²) in [5.74, 6) is 0.0543. The van der Waals surface area contributed by atoms with Crippen molar-refractivity contribution >= 4 is 15.9 Å². The van der Waals surface area contributed by atoms with Crippen LogP contribution in [-0.4, -0.2) is 44.0 Å². The summed E-state index contributed by atoms with van der Waals surface area (Å²) in [6.07, 6.45) is 1.20. The molecule has 1 saturated heterocycles. The van der Waals surface area contributed by atoms with Crippen molar-refractivity contribution in [3.63, 3.8) is 0 Å². The van der Waals surface area contributed by atoms with Crippen molar-refractivity contribution in [3.8, 4) is 0 Å². The average molecular weight is 274 g/mol. The van der Waals surface area contributed by atoms with E-state index in [9.17, 15) is 13.2 Å². The second kappa shape index (κ2) is 6.33. The molecule has 1 amide bonds. The molecule has 0 bridgehead atoms. The number of carbonyl (C=O) groups is 1. The molecule has 0 spiro atoms. The standard InChI is InChI=1S/C12H22N2O3S/c1-4-18(16,17)14-7-5-11(6-8-14)12(15)13-9-10(2)3/h11H,2,4-9H2,1,3H3,(H,13,15). The largest absolute Gasteiger partial charge is 0.352 e. The molecule has 6 heteroatoms. The van der Waals surface area contributed by atoms with Crippen molar-refractivity contribution in [1.29, 1.82) is 0 Å². The van der Waals surface area contributed by atoms with Crippen LogP contribution in [0.4, 0.5) is 0 Å². The molecule has 0 saturated carbocycles. The monoisotopic (exact) mass is 274 g/mol. The number of hydrogen-bond donors (Lipinski definition) is 1. The molecule has 5 nitrogen and oxygen atoms in total. The van der Waals surface area contributed by atoms with Crippen molar-refractivity contribution < 1.29 is 13.2 Å². The number of hydrogen-bond acceptors (Lipinski definition) is 3. The van der Waals surface area contributed by atoms with Crippen LogP contribution in [0.2, 0.25) is 0 Å².